The van der Waals surface area contributed by atoms with Crippen LogP contribution in [0.2, 0.25) is 5.02 Å². The second-order valence-corrected chi connectivity index (χ2v) is 8.23. The molecule has 0 aliphatic carbocycles. The first-order valence-electron chi connectivity index (χ1n) is 10.5. The minimum atomic E-state index is -0.797. The van der Waals surface area contributed by atoms with Crippen molar-refractivity contribution in [1.29, 1.82) is 0 Å². The molecular formula is C24H27ClFN3O3. The fourth-order valence-corrected chi connectivity index (χ4v) is 3.83. The third kappa shape index (κ3) is 6.55. The Morgan fingerprint density at radius 1 is 1.22 bits per heavy atom. The van der Waals surface area contributed by atoms with E-state index >= 15 is 0 Å². The van der Waals surface area contributed by atoms with Gasteiger partial charge in [0.25, 0.3) is 0 Å². The zero-order chi connectivity index (χ0) is 23.1. The molecule has 0 radical (unpaired) electrons. The molecule has 1 atom stereocenters. The van der Waals surface area contributed by atoms with Gasteiger partial charge in [0.1, 0.15) is 11.9 Å². The average Bonchev–Trinajstić information content (AvgIpc) is 2.79. The zero-order valence-corrected chi connectivity index (χ0v) is 18.4. The maximum Gasteiger partial charge on any atom is 0.245 e. The first-order valence-corrected chi connectivity index (χ1v) is 10.9. The summed E-state index contributed by atoms with van der Waals surface area (Å²) in [5.41, 5.74) is 2.20. The number of hydrogen-bond donors (Lipinski definition) is 3. The van der Waals surface area contributed by atoms with E-state index in [0.717, 1.165) is 11.1 Å². The molecule has 2 amide bonds. The lowest BCUT2D eigenvalue weighted by atomic mass is 10.0. The van der Waals surface area contributed by atoms with Crippen molar-refractivity contribution < 1.29 is 19.1 Å². The van der Waals surface area contributed by atoms with Crippen molar-refractivity contribution in [3.63, 3.8) is 0 Å². The molecule has 32 heavy (non-hydrogen) atoms. The summed E-state index contributed by atoms with van der Waals surface area (Å²) in [5, 5.41) is 16.1. The molecule has 8 heteroatoms. The maximum atomic E-state index is 13.3. The summed E-state index contributed by atoms with van der Waals surface area (Å²) < 4.78 is 13.3. The molecule has 3 rings (SSSR count). The minimum absolute atomic E-state index is 0.0472. The van der Waals surface area contributed by atoms with Crippen molar-refractivity contribution in [2.45, 2.75) is 31.4 Å². The number of likely N-dealkylation sites (tertiary alicyclic amines) is 1. The van der Waals surface area contributed by atoms with Crippen LogP contribution in [-0.4, -0.2) is 53.6 Å². The third-order valence-electron chi connectivity index (χ3n) is 5.44. The van der Waals surface area contributed by atoms with Crippen LogP contribution in [0.4, 0.5) is 10.1 Å². The van der Waals surface area contributed by atoms with Crippen molar-refractivity contribution in [1.82, 2.24) is 10.2 Å². The Hall–Kier alpha value is -2.90. The average molecular weight is 460 g/mol. The van der Waals surface area contributed by atoms with E-state index in [1.807, 2.05) is 0 Å². The number of nitrogens with zero attached hydrogens (tertiary/aromatic N) is 1. The minimum Gasteiger partial charge on any atom is -0.393 e. The molecule has 6 nitrogen and oxygen atoms in total. The maximum absolute atomic E-state index is 13.3. The van der Waals surface area contributed by atoms with Crippen LogP contribution in [0.15, 0.2) is 49.0 Å². The predicted octanol–water partition coefficient (Wildman–Crippen LogP) is 3.24. The Morgan fingerprint density at radius 2 is 1.91 bits per heavy atom. The standard InChI is InChI=1S/C24H27ClFN3O3/c1-2-17-14-18(25)5-8-21(17)27-15-23(31)28-22(13-16-3-6-19(26)7-4-16)24(32)29-11-9-20(30)10-12-29/h2-8,14,20,22,27,30H,1,9-13,15H2,(H,28,31). The number of aliphatic hydroxyl groups is 1. The van der Waals surface area contributed by atoms with Crippen molar-refractivity contribution >= 4 is 35.2 Å². The van der Waals surface area contributed by atoms with E-state index in [1.165, 1.54) is 12.1 Å². The third-order valence-corrected chi connectivity index (χ3v) is 5.67. The molecule has 0 bridgehead atoms. The summed E-state index contributed by atoms with van der Waals surface area (Å²) in [6, 6.07) is 10.3. The van der Waals surface area contributed by atoms with Gasteiger partial charge in [0.05, 0.1) is 12.6 Å². The van der Waals surface area contributed by atoms with Gasteiger partial charge in [-0.05, 0) is 54.3 Å². The Morgan fingerprint density at radius 3 is 2.56 bits per heavy atom. The van der Waals surface area contributed by atoms with Gasteiger partial charge in [-0.25, -0.2) is 4.39 Å². The molecule has 2 aromatic rings. The largest absolute Gasteiger partial charge is 0.393 e. The molecule has 1 aliphatic heterocycles. The summed E-state index contributed by atoms with van der Waals surface area (Å²) in [7, 11) is 0. The molecule has 1 fully saturated rings. The lowest BCUT2D eigenvalue weighted by molar-refractivity contribution is -0.137. The lowest BCUT2D eigenvalue weighted by Gasteiger charge is -2.32. The van der Waals surface area contributed by atoms with E-state index in [2.05, 4.69) is 17.2 Å². The fraction of sp³-hybridized carbons (Fsp3) is 0.333. The highest BCUT2D eigenvalue weighted by Crippen LogP contribution is 2.21. The van der Waals surface area contributed by atoms with Crippen LogP contribution < -0.4 is 10.6 Å². The van der Waals surface area contributed by atoms with Crippen LogP contribution in [0, 0.1) is 5.82 Å². The van der Waals surface area contributed by atoms with E-state index in [1.54, 1.807) is 41.3 Å². The van der Waals surface area contributed by atoms with Crippen LogP contribution in [-0.2, 0) is 16.0 Å². The first-order chi connectivity index (χ1) is 15.4. The summed E-state index contributed by atoms with van der Waals surface area (Å²) in [5.74, 6) is -0.934. The zero-order valence-electron chi connectivity index (χ0n) is 17.7. The van der Waals surface area contributed by atoms with Gasteiger partial charge < -0.3 is 20.6 Å². The number of nitrogens with one attached hydrogen (secondary N) is 2. The molecule has 2 aromatic carbocycles. The van der Waals surface area contributed by atoms with Crippen LogP contribution in [0.5, 0.6) is 0 Å². The molecule has 0 saturated carbocycles. The topological polar surface area (TPSA) is 81.7 Å². The van der Waals surface area contributed by atoms with E-state index in [4.69, 9.17) is 11.6 Å². The predicted molar refractivity (Wildman–Crippen MR) is 124 cm³/mol. The molecule has 0 spiro atoms. The van der Waals surface area contributed by atoms with Crippen molar-refractivity contribution in [2.75, 3.05) is 25.0 Å². The number of amides is 2. The number of carbonyl (C=O) groups is 2. The lowest BCUT2D eigenvalue weighted by Crippen LogP contribution is -2.53. The number of piperidine rings is 1. The SMILES string of the molecule is C=Cc1cc(Cl)ccc1NCC(=O)NC(Cc1ccc(F)cc1)C(=O)N1CCC(O)CC1. The van der Waals surface area contributed by atoms with Crippen LogP contribution >= 0.6 is 11.6 Å². The van der Waals surface area contributed by atoms with Crippen molar-refractivity contribution in [3.05, 3.63) is 71.0 Å². The van der Waals surface area contributed by atoms with Gasteiger partial charge in [-0.2, -0.15) is 0 Å². The monoisotopic (exact) mass is 459 g/mol. The summed E-state index contributed by atoms with van der Waals surface area (Å²) in [6.45, 7) is 4.56. The highest BCUT2D eigenvalue weighted by molar-refractivity contribution is 6.30. The van der Waals surface area contributed by atoms with Gasteiger partial charge in [-0.15, -0.1) is 0 Å². The highest BCUT2D eigenvalue weighted by atomic mass is 35.5. The smallest absolute Gasteiger partial charge is 0.245 e. The number of benzene rings is 2. The Labute approximate surface area is 192 Å². The number of anilines is 1. The van der Waals surface area contributed by atoms with Gasteiger partial charge in [0.2, 0.25) is 11.8 Å². The van der Waals surface area contributed by atoms with Crippen molar-refractivity contribution in [2.24, 2.45) is 0 Å². The van der Waals surface area contributed by atoms with Crippen molar-refractivity contribution in [3.8, 4) is 0 Å². The number of hydrogen-bond acceptors (Lipinski definition) is 4. The van der Waals surface area contributed by atoms with Gasteiger partial charge in [0.15, 0.2) is 0 Å². The number of halogens is 2. The quantitative estimate of drug-likeness (QED) is 0.566. The first kappa shape index (κ1) is 23.8. The highest BCUT2D eigenvalue weighted by Gasteiger charge is 2.29. The molecule has 3 N–H and O–H groups in total. The molecule has 0 aromatic heterocycles. The van der Waals surface area contributed by atoms with Gasteiger partial charge >= 0.3 is 0 Å². The van der Waals surface area contributed by atoms with Gasteiger partial charge in [-0.1, -0.05) is 36.4 Å². The number of aliphatic hydroxyl groups excluding tert-OH is 1. The van der Waals surface area contributed by atoms with E-state index in [-0.39, 0.29) is 30.6 Å². The molecular weight excluding hydrogens is 433 g/mol. The fourth-order valence-electron chi connectivity index (χ4n) is 3.65. The summed E-state index contributed by atoms with van der Waals surface area (Å²) in [4.78, 5) is 27.5. The Bertz CT molecular complexity index is 959. The number of carbonyl (C=O) groups excluding carboxylic acids is 2. The molecule has 1 unspecified atom stereocenters. The normalized spacial score (nSPS) is 15.2. The van der Waals surface area contributed by atoms with Gasteiger partial charge in [-0.3, -0.25) is 9.59 Å². The molecule has 1 aliphatic rings. The van der Waals surface area contributed by atoms with Gasteiger partial charge in [0, 0.05) is 30.2 Å². The second kappa shape index (κ2) is 11.1. The second-order valence-electron chi connectivity index (χ2n) is 7.80. The van der Waals surface area contributed by atoms with Crippen LogP contribution in [0.1, 0.15) is 24.0 Å². The van der Waals surface area contributed by atoms with Crippen LogP contribution in [0.3, 0.4) is 0 Å². The van der Waals surface area contributed by atoms with E-state index < -0.39 is 12.1 Å². The summed E-state index contributed by atoms with van der Waals surface area (Å²) in [6.07, 6.45) is 2.48. The Balaban J connectivity index is 1.68. The summed E-state index contributed by atoms with van der Waals surface area (Å²) >= 11 is 6.00. The number of rotatable bonds is 8. The molecule has 1 saturated heterocycles. The van der Waals surface area contributed by atoms with E-state index in [9.17, 15) is 19.1 Å². The molecule has 170 valence electrons. The Kier molecular flexibility index (Phi) is 8.25. The van der Waals surface area contributed by atoms with E-state index in [0.29, 0.717) is 36.6 Å². The van der Waals surface area contributed by atoms with Crippen LogP contribution in [0.25, 0.3) is 6.08 Å². The molecule has 1 heterocycles.